The van der Waals surface area contributed by atoms with Gasteiger partial charge in [-0.2, -0.15) is 4.83 Å². The Kier molecular flexibility index (Phi) is 5.71. The number of rotatable bonds is 5. The molecule has 3 aromatic carbocycles. The summed E-state index contributed by atoms with van der Waals surface area (Å²) in [6.45, 7) is 3.66. The van der Waals surface area contributed by atoms with Crippen molar-refractivity contribution in [3.63, 3.8) is 0 Å². The third-order valence-electron chi connectivity index (χ3n) is 3.93. The van der Waals surface area contributed by atoms with Crippen molar-refractivity contribution in [2.75, 3.05) is 0 Å². The Labute approximate surface area is 156 Å². The number of hydrogen-bond donors (Lipinski definition) is 2. The van der Waals surface area contributed by atoms with Crippen LogP contribution in [0.5, 0.6) is 0 Å². The van der Waals surface area contributed by atoms with E-state index in [-0.39, 0.29) is 5.56 Å². The summed E-state index contributed by atoms with van der Waals surface area (Å²) in [4.78, 5) is 16.2. The lowest BCUT2D eigenvalue weighted by Crippen LogP contribution is -2.33. The van der Waals surface area contributed by atoms with Gasteiger partial charge in [0.1, 0.15) is 5.82 Å². The average Bonchev–Trinajstić information content (AvgIpc) is 2.64. The standard InChI is InChI=1S/C21H19FN2OS/c1-14-7-6-10-18(11-14)26-24-23-21(25)19-13-17(12-15(2)20(19)22)16-8-4-3-5-9-16/h3-13,24H,1-2H3,(H,23,25). The van der Waals surface area contributed by atoms with E-state index in [1.165, 1.54) is 11.9 Å². The zero-order chi connectivity index (χ0) is 18.5. The first kappa shape index (κ1) is 18.2. The van der Waals surface area contributed by atoms with Crippen LogP contribution in [0, 0.1) is 19.7 Å². The van der Waals surface area contributed by atoms with E-state index in [0.29, 0.717) is 5.56 Å². The predicted molar refractivity (Wildman–Crippen MR) is 104 cm³/mol. The summed E-state index contributed by atoms with van der Waals surface area (Å²) in [5.41, 5.74) is 5.86. The zero-order valence-corrected chi connectivity index (χ0v) is 15.4. The number of amides is 1. The molecule has 3 nitrogen and oxygen atoms in total. The number of hydrazine groups is 1. The topological polar surface area (TPSA) is 41.1 Å². The van der Waals surface area contributed by atoms with Gasteiger partial charge in [-0.1, -0.05) is 42.5 Å². The lowest BCUT2D eigenvalue weighted by Gasteiger charge is -2.11. The molecule has 2 N–H and O–H groups in total. The second kappa shape index (κ2) is 8.17. The first-order valence-corrected chi connectivity index (χ1v) is 9.00. The molecule has 0 atom stereocenters. The van der Waals surface area contributed by atoms with E-state index in [1.54, 1.807) is 19.1 Å². The molecule has 0 aliphatic carbocycles. The van der Waals surface area contributed by atoms with Gasteiger partial charge in [-0.15, -0.1) is 0 Å². The summed E-state index contributed by atoms with van der Waals surface area (Å²) in [5, 5.41) is 0. The predicted octanol–water partition coefficient (Wildman–Crippen LogP) is 5.05. The minimum Gasteiger partial charge on any atom is -0.277 e. The van der Waals surface area contributed by atoms with Crippen LogP contribution in [0.2, 0.25) is 0 Å². The van der Waals surface area contributed by atoms with Gasteiger partial charge in [-0.05, 0) is 72.3 Å². The SMILES string of the molecule is Cc1cccc(SNNC(=O)c2cc(-c3ccccc3)cc(C)c2F)c1. The first-order chi connectivity index (χ1) is 12.5. The fraction of sp³-hybridized carbons (Fsp3) is 0.0952. The van der Waals surface area contributed by atoms with E-state index < -0.39 is 11.7 Å². The van der Waals surface area contributed by atoms with Crippen LogP contribution in [0.1, 0.15) is 21.5 Å². The third-order valence-corrected chi connectivity index (χ3v) is 4.62. The Morgan fingerprint density at radius 3 is 2.42 bits per heavy atom. The van der Waals surface area contributed by atoms with Gasteiger partial charge >= 0.3 is 0 Å². The maximum absolute atomic E-state index is 14.5. The van der Waals surface area contributed by atoms with Crippen molar-refractivity contribution in [1.82, 2.24) is 10.3 Å². The van der Waals surface area contributed by atoms with Gasteiger partial charge in [-0.25, -0.2) is 4.39 Å². The van der Waals surface area contributed by atoms with Crippen LogP contribution in [0.4, 0.5) is 4.39 Å². The van der Waals surface area contributed by atoms with Gasteiger partial charge in [0.15, 0.2) is 0 Å². The van der Waals surface area contributed by atoms with Gasteiger partial charge in [0.05, 0.1) is 5.56 Å². The number of benzene rings is 3. The third kappa shape index (κ3) is 4.31. The number of carbonyl (C=O) groups excluding carboxylic acids is 1. The maximum atomic E-state index is 14.5. The number of hydrogen-bond acceptors (Lipinski definition) is 3. The lowest BCUT2D eigenvalue weighted by molar-refractivity contribution is 0.0943. The zero-order valence-electron chi connectivity index (χ0n) is 14.5. The molecule has 0 saturated heterocycles. The van der Waals surface area contributed by atoms with Crippen LogP contribution in [-0.2, 0) is 0 Å². The van der Waals surface area contributed by atoms with Crippen LogP contribution >= 0.6 is 11.9 Å². The molecule has 0 fully saturated rings. The van der Waals surface area contributed by atoms with Gasteiger partial charge in [0, 0.05) is 4.90 Å². The number of nitrogens with one attached hydrogen (secondary N) is 2. The van der Waals surface area contributed by atoms with Crippen molar-refractivity contribution >= 4 is 17.9 Å². The molecule has 1 amide bonds. The fourth-order valence-corrected chi connectivity index (χ4v) is 3.26. The largest absolute Gasteiger partial charge is 0.277 e. The minimum atomic E-state index is -0.511. The fourth-order valence-electron chi connectivity index (χ4n) is 2.61. The molecular formula is C21H19FN2OS. The van der Waals surface area contributed by atoms with Crippen LogP contribution in [0.3, 0.4) is 0 Å². The molecule has 3 rings (SSSR count). The molecule has 0 bridgehead atoms. The Bertz CT molecular complexity index is 929. The van der Waals surface area contributed by atoms with E-state index in [4.69, 9.17) is 0 Å². The molecule has 0 aromatic heterocycles. The highest BCUT2D eigenvalue weighted by atomic mass is 32.2. The van der Waals surface area contributed by atoms with Crippen molar-refractivity contribution < 1.29 is 9.18 Å². The average molecular weight is 366 g/mol. The summed E-state index contributed by atoms with van der Waals surface area (Å²) in [6, 6.07) is 20.8. The van der Waals surface area contributed by atoms with E-state index in [0.717, 1.165) is 21.6 Å². The van der Waals surface area contributed by atoms with Gasteiger partial charge < -0.3 is 0 Å². The van der Waals surface area contributed by atoms with E-state index in [1.807, 2.05) is 61.5 Å². The monoisotopic (exact) mass is 366 g/mol. The normalized spacial score (nSPS) is 10.6. The Balaban J connectivity index is 1.75. The van der Waals surface area contributed by atoms with Crippen LogP contribution in [0.15, 0.2) is 71.6 Å². The highest BCUT2D eigenvalue weighted by Crippen LogP contribution is 2.25. The van der Waals surface area contributed by atoms with Gasteiger partial charge in [-0.3, -0.25) is 10.2 Å². The quantitative estimate of drug-likeness (QED) is 0.490. The molecule has 5 heteroatoms. The Morgan fingerprint density at radius 2 is 1.69 bits per heavy atom. The summed E-state index contributed by atoms with van der Waals surface area (Å²) >= 11 is 1.26. The molecule has 132 valence electrons. The summed E-state index contributed by atoms with van der Waals surface area (Å²) in [7, 11) is 0. The van der Waals surface area contributed by atoms with Crippen LogP contribution < -0.4 is 10.3 Å². The molecule has 0 saturated carbocycles. The highest BCUT2D eigenvalue weighted by molar-refractivity contribution is 7.97. The molecular weight excluding hydrogens is 347 g/mol. The van der Waals surface area contributed by atoms with Gasteiger partial charge in [0.25, 0.3) is 5.91 Å². The second-order valence-corrected chi connectivity index (χ2v) is 6.88. The van der Waals surface area contributed by atoms with Crippen molar-refractivity contribution in [2.45, 2.75) is 18.7 Å². The van der Waals surface area contributed by atoms with E-state index >= 15 is 0 Å². The maximum Gasteiger partial charge on any atom is 0.269 e. The number of halogens is 1. The smallest absolute Gasteiger partial charge is 0.269 e. The number of carbonyl (C=O) groups is 1. The molecule has 0 radical (unpaired) electrons. The lowest BCUT2D eigenvalue weighted by atomic mass is 9.99. The minimum absolute atomic E-state index is 0.0150. The molecule has 0 heterocycles. The van der Waals surface area contributed by atoms with E-state index in [2.05, 4.69) is 10.3 Å². The Morgan fingerprint density at radius 1 is 0.923 bits per heavy atom. The molecule has 0 unspecified atom stereocenters. The van der Waals surface area contributed by atoms with Crippen molar-refractivity contribution in [2.24, 2.45) is 0 Å². The second-order valence-electron chi connectivity index (χ2n) is 6.00. The molecule has 3 aromatic rings. The molecule has 0 spiro atoms. The highest BCUT2D eigenvalue weighted by Gasteiger charge is 2.16. The van der Waals surface area contributed by atoms with Crippen LogP contribution in [0.25, 0.3) is 11.1 Å². The van der Waals surface area contributed by atoms with E-state index in [9.17, 15) is 9.18 Å². The van der Waals surface area contributed by atoms with Crippen molar-refractivity contribution in [1.29, 1.82) is 0 Å². The summed E-state index contributed by atoms with van der Waals surface area (Å²) < 4.78 is 14.5. The number of aryl methyl sites for hydroxylation is 2. The molecule has 0 aliphatic heterocycles. The first-order valence-electron chi connectivity index (χ1n) is 8.19. The van der Waals surface area contributed by atoms with Crippen LogP contribution in [-0.4, -0.2) is 5.91 Å². The molecule has 0 aliphatic rings. The molecule has 26 heavy (non-hydrogen) atoms. The van der Waals surface area contributed by atoms with Crippen molar-refractivity contribution in [3.05, 3.63) is 89.2 Å². The van der Waals surface area contributed by atoms with Gasteiger partial charge in [0.2, 0.25) is 0 Å². The Hall–Kier alpha value is -2.63. The summed E-state index contributed by atoms with van der Waals surface area (Å²) in [5.74, 6) is -1.02. The van der Waals surface area contributed by atoms with Crippen molar-refractivity contribution in [3.8, 4) is 11.1 Å². The summed E-state index contributed by atoms with van der Waals surface area (Å²) in [6.07, 6.45) is 0.